The number of nitrogens with one attached hydrogen (secondary N) is 1. The minimum absolute atomic E-state index is 0.331. The third-order valence-electron chi connectivity index (χ3n) is 4.49. The topological polar surface area (TPSA) is 65.8 Å². The number of rotatable bonds is 6. The Morgan fingerprint density at radius 2 is 2.12 bits per heavy atom. The van der Waals surface area contributed by atoms with E-state index in [1.807, 2.05) is 18.2 Å². The van der Waals surface area contributed by atoms with Gasteiger partial charge in [0.05, 0.1) is 6.54 Å². The Labute approximate surface area is 143 Å². The van der Waals surface area contributed by atoms with Crippen LogP contribution in [0.25, 0.3) is 11.0 Å². The quantitative estimate of drug-likeness (QED) is 0.865. The third-order valence-corrected chi connectivity index (χ3v) is 5.99. The standard InChI is InChI=1S/C17H25N3O3S/c1-19(2)24(21,22)18-11-14-6-5-9-20(12-14)13-16-10-15-7-3-4-8-17(15)23-16/h3-4,7-8,10,14,18H,5-6,9,11-13H2,1-2H3/t14-/m0/s1. The van der Waals surface area contributed by atoms with E-state index in [0.29, 0.717) is 12.5 Å². The van der Waals surface area contributed by atoms with E-state index in [1.54, 1.807) is 0 Å². The van der Waals surface area contributed by atoms with Crippen LogP contribution in [0.5, 0.6) is 0 Å². The first-order valence-corrected chi connectivity index (χ1v) is 9.75. The molecule has 0 spiro atoms. The number of fused-ring (bicyclic) bond motifs is 1. The van der Waals surface area contributed by atoms with Crippen LogP contribution >= 0.6 is 0 Å². The van der Waals surface area contributed by atoms with Crippen LogP contribution in [0.3, 0.4) is 0 Å². The summed E-state index contributed by atoms with van der Waals surface area (Å²) in [6.07, 6.45) is 2.13. The van der Waals surface area contributed by atoms with Crippen LogP contribution in [0, 0.1) is 5.92 Å². The first-order valence-electron chi connectivity index (χ1n) is 8.31. The van der Waals surface area contributed by atoms with Crippen molar-refractivity contribution in [1.82, 2.24) is 13.9 Å². The van der Waals surface area contributed by atoms with E-state index in [2.05, 4.69) is 21.8 Å². The lowest BCUT2D eigenvalue weighted by atomic mass is 9.98. The van der Waals surface area contributed by atoms with Gasteiger partial charge in [-0.1, -0.05) is 18.2 Å². The van der Waals surface area contributed by atoms with E-state index in [0.717, 1.165) is 49.2 Å². The fourth-order valence-electron chi connectivity index (χ4n) is 3.15. The summed E-state index contributed by atoms with van der Waals surface area (Å²) in [6, 6.07) is 10.1. The van der Waals surface area contributed by atoms with E-state index in [-0.39, 0.29) is 0 Å². The average Bonchev–Trinajstić information content (AvgIpc) is 2.95. The zero-order valence-corrected chi connectivity index (χ0v) is 15.1. The molecule has 1 atom stereocenters. The average molecular weight is 351 g/mol. The Hall–Kier alpha value is -1.41. The molecule has 0 saturated carbocycles. The molecule has 2 aromatic rings. The van der Waals surface area contributed by atoms with Crippen LogP contribution in [0.2, 0.25) is 0 Å². The molecular formula is C17H25N3O3S. The van der Waals surface area contributed by atoms with Crippen molar-refractivity contribution in [2.45, 2.75) is 19.4 Å². The van der Waals surface area contributed by atoms with Gasteiger partial charge in [0.2, 0.25) is 0 Å². The van der Waals surface area contributed by atoms with Gasteiger partial charge in [-0.2, -0.15) is 12.7 Å². The van der Waals surface area contributed by atoms with Gasteiger partial charge in [0, 0.05) is 32.6 Å². The molecule has 0 radical (unpaired) electrons. The minimum atomic E-state index is -3.34. The van der Waals surface area contributed by atoms with Gasteiger partial charge in [-0.05, 0) is 37.4 Å². The molecule has 132 valence electrons. The van der Waals surface area contributed by atoms with Crippen LogP contribution in [0.1, 0.15) is 18.6 Å². The number of likely N-dealkylation sites (tertiary alicyclic amines) is 1. The molecule has 3 rings (SSSR count). The summed E-state index contributed by atoms with van der Waals surface area (Å²) in [5, 5.41) is 1.12. The predicted molar refractivity (Wildman–Crippen MR) is 94.8 cm³/mol. The van der Waals surface area contributed by atoms with Crippen molar-refractivity contribution in [2.75, 3.05) is 33.7 Å². The fourth-order valence-corrected chi connectivity index (χ4v) is 3.85. The zero-order valence-electron chi connectivity index (χ0n) is 14.2. The summed E-state index contributed by atoms with van der Waals surface area (Å²) in [7, 11) is -0.267. The number of hydrogen-bond acceptors (Lipinski definition) is 4. The second-order valence-corrected chi connectivity index (χ2v) is 8.60. The highest BCUT2D eigenvalue weighted by Crippen LogP contribution is 2.23. The molecule has 2 heterocycles. The Balaban J connectivity index is 1.57. The molecule has 1 fully saturated rings. The van der Waals surface area contributed by atoms with Crippen LogP contribution < -0.4 is 4.72 Å². The molecule has 1 aromatic carbocycles. The molecule has 1 saturated heterocycles. The van der Waals surface area contributed by atoms with Gasteiger partial charge in [-0.3, -0.25) is 4.90 Å². The lowest BCUT2D eigenvalue weighted by Crippen LogP contribution is -2.43. The van der Waals surface area contributed by atoms with Crippen molar-refractivity contribution in [1.29, 1.82) is 0 Å². The summed E-state index contributed by atoms with van der Waals surface area (Å²) in [4.78, 5) is 2.34. The Morgan fingerprint density at radius 3 is 2.88 bits per heavy atom. The summed E-state index contributed by atoms with van der Waals surface area (Å²) in [5.41, 5.74) is 0.916. The summed E-state index contributed by atoms with van der Waals surface area (Å²) in [5.74, 6) is 1.29. The smallest absolute Gasteiger partial charge is 0.278 e. The molecule has 1 aromatic heterocycles. The van der Waals surface area contributed by atoms with Gasteiger partial charge in [0.15, 0.2) is 0 Å². The summed E-state index contributed by atoms with van der Waals surface area (Å²) in [6.45, 7) is 3.16. The predicted octanol–water partition coefficient (Wildman–Crippen LogP) is 2.04. The SMILES string of the molecule is CN(C)S(=O)(=O)NC[C@@H]1CCCN(Cc2cc3ccccc3o2)C1. The molecule has 1 aliphatic heterocycles. The van der Waals surface area contributed by atoms with Gasteiger partial charge in [-0.15, -0.1) is 0 Å². The van der Waals surface area contributed by atoms with Gasteiger partial charge in [0.1, 0.15) is 11.3 Å². The second kappa shape index (κ2) is 7.23. The molecule has 7 heteroatoms. The molecule has 6 nitrogen and oxygen atoms in total. The fraction of sp³-hybridized carbons (Fsp3) is 0.529. The highest BCUT2D eigenvalue weighted by molar-refractivity contribution is 7.87. The third kappa shape index (κ3) is 4.16. The van der Waals surface area contributed by atoms with Crippen molar-refractivity contribution in [3.63, 3.8) is 0 Å². The number of furan rings is 1. The molecule has 0 amide bonds. The number of hydrogen-bond donors (Lipinski definition) is 1. The molecular weight excluding hydrogens is 326 g/mol. The van der Waals surface area contributed by atoms with E-state index in [9.17, 15) is 8.42 Å². The first kappa shape index (κ1) is 17.4. The van der Waals surface area contributed by atoms with Crippen LogP contribution in [0.4, 0.5) is 0 Å². The molecule has 0 aliphatic carbocycles. The van der Waals surface area contributed by atoms with Crippen molar-refractivity contribution < 1.29 is 12.8 Å². The Bertz CT molecular complexity index is 752. The highest BCUT2D eigenvalue weighted by atomic mass is 32.2. The van der Waals surface area contributed by atoms with Crippen LogP contribution in [-0.4, -0.2) is 51.4 Å². The Morgan fingerprint density at radius 1 is 1.33 bits per heavy atom. The maximum absolute atomic E-state index is 11.8. The van der Waals surface area contributed by atoms with Crippen molar-refractivity contribution in [3.8, 4) is 0 Å². The maximum atomic E-state index is 11.8. The van der Waals surface area contributed by atoms with Gasteiger partial charge >= 0.3 is 0 Å². The lowest BCUT2D eigenvalue weighted by Gasteiger charge is -2.32. The van der Waals surface area contributed by atoms with Gasteiger partial charge in [-0.25, -0.2) is 4.72 Å². The zero-order chi connectivity index (χ0) is 17.2. The van der Waals surface area contributed by atoms with E-state index in [4.69, 9.17) is 4.42 Å². The summed E-state index contributed by atoms with van der Waals surface area (Å²) < 4.78 is 33.4. The van der Waals surface area contributed by atoms with Crippen molar-refractivity contribution in [2.24, 2.45) is 5.92 Å². The van der Waals surface area contributed by atoms with E-state index >= 15 is 0 Å². The summed E-state index contributed by atoms with van der Waals surface area (Å²) >= 11 is 0. The van der Waals surface area contributed by atoms with Crippen LogP contribution in [0.15, 0.2) is 34.7 Å². The molecule has 1 N–H and O–H groups in total. The number of benzene rings is 1. The van der Waals surface area contributed by atoms with E-state index < -0.39 is 10.2 Å². The lowest BCUT2D eigenvalue weighted by molar-refractivity contribution is 0.159. The second-order valence-electron chi connectivity index (χ2n) is 6.63. The molecule has 24 heavy (non-hydrogen) atoms. The molecule has 0 bridgehead atoms. The first-order chi connectivity index (χ1) is 11.4. The van der Waals surface area contributed by atoms with E-state index in [1.165, 1.54) is 18.4 Å². The maximum Gasteiger partial charge on any atom is 0.278 e. The molecule has 0 unspecified atom stereocenters. The normalized spacial score (nSPS) is 20.0. The molecule has 1 aliphatic rings. The Kier molecular flexibility index (Phi) is 5.24. The number of nitrogens with zero attached hydrogens (tertiary/aromatic N) is 2. The monoisotopic (exact) mass is 351 g/mol. The number of para-hydroxylation sites is 1. The largest absolute Gasteiger partial charge is 0.460 e. The number of piperidine rings is 1. The van der Waals surface area contributed by atoms with Gasteiger partial charge < -0.3 is 4.42 Å². The van der Waals surface area contributed by atoms with Crippen LogP contribution in [-0.2, 0) is 16.8 Å². The van der Waals surface area contributed by atoms with Crippen molar-refractivity contribution in [3.05, 3.63) is 36.1 Å². The minimum Gasteiger partial charge on any atom is -0.460 e. The van der Waals surface area contributed by atoms with Crippen molar-refractivity contribution >= 4 is 21.2 Å². The highest BCUT2D eigenvalue weighted by Gasteiger charge is 2.23. The van der Waals surface area contributed by atoms with Gasteiger partial charge in [0.25, 0.3) is 10.2 Å².